The minimum Gasteiger partial charge on any atom is -0.451 e. The van der Waals surface area contributed by atoms with Crippen molar-refractivity contribution >= 4 is 11.8 Å². The molecule has 0 aromatic carbocycles. The van der Waals surface area contributed by atoms with Gasteiger partial charge >= 0.3 is 5.97 Å². The minimum atomic E-state index is -0.300. The number of carbonyl (C=O) groups is 2. The van der Waals surface area contributed by atoms with Crippen molar-refractivity contribution < 1.29 is 14.3 Å². The van der Waals surface area contributed by atoms with Crippen LogP contribution < -0.4 is 0 Å². The fourth-order valence-corrected chi connectivity index (χ4v) is 9.66. The molecule has 0 aromatic rings. The predicted octanol–water partition coefficient (Wildman–Crippen LogP) is 4.86. The summed E-state index contributed by atoms with van der Waals surface area (Å²) in [6.45, 7) is 2.36. The zero-order chi connectivity index (χ0) is 19.5. The van der Waals surface area contributed by atoms with E-state index < -0.39 is 0 Å². The quantitative estimate of drug-likeness (QED) is 0.630. The lowest BCUT2D eigenvalue weighted by Gasteiger charge is -2.60. The van der Waals surface area contributed by atoms with E-state index in [1.165, 1.54) is 44.1 Å². The highest BCUT2D eigenvalue weighted by Crippen LogP contribution is 2.79. The van der Waals surface area contributed by atoms with Gasteiger partial charge in [0.2, 0.25) is 0 Å². The van der Waals surface area contributed by atoms with Gasteiger partial charge in [0.25, 0.3) is 0 Å². The van der Waals surface area contributed by atoms with Gasteiger partial charge < -0.3 is 4.74 Å². The van der Waals surface area contributed by atoms with Crippen molar-refractivity contribution in [1.82, 2.24) is 0 Å². The lowest BCUT2D eigenvalue weighted by atomic mass is 9.45. The van der Waals surface area contributed by atoms with Gasteiger partial charge in [0.15, 0.2) is 5.78 Å². The van der Waals surface area contributed by atoms with Gasteiger partial charge in [-0.1, -0.05) is 12.5 Å². The molecule has 29 heavy (non-hydrogen) atoms. The van der Waals surface area contributed by atoms with Crippen molar-refractivity contribution in [2.24, 2.45) is 52.8 Å². The first kappa shape index (κ1) is 17.3. The van der Waals surface area contributed by atoms with Crippen LogP contribution in [0.2, 0.25) is 0 Å². The zero-order valence-electron chi connectivity index (χ0n) is 17.4. The molecular formula is C26H32O3. The third-order valence-corrected chi connectivity index (χ3v) is 10.7. The van der Waals surface area contributed by atoms with Crippen molar-refractivity contribution in [3.63, 3.8) is 0 Å². The number of ether oxygens (including phenoxy) is 1. The fourth-order valence-electron chi connectivity index (χ4n) is 9.66. The normalized spacial score (nSPS) is 54.4. The Kier molecular flexibility index (Phi) is 3.25. The van der Waals surface area contributed by atoms with Crippen LogP contribution in [-0.4, -0.2) is 17.4 Å². The number of fused-ring (bicyclic) bond motifs is 9. The maximum absolute atomic E-state index is 12.2. The van der Waals surface area contributed by atoms with Gasteiger partial charge in [-0.2, -0.15) is 0 Å². The second-order valence-corrected chi connectivity index (χ2v) is 11.4. The molecule has 0 amide bonds. The number of ketones is 1. The van der Waals surface area contributed by atoms with Gasteiger partial charge in [0.05, 0.1) is 0 Å². The molecule has 0 bridgehead atoms. The number of esters is 1. The van der Waals surface area contributed by atoms with E-state index in [4.69, 9.17) is 4.74 Å². The first-order chi connectivity index (χ1) is 14.1. The van der Waals surface area contributed by atoms with Crippen LogP contribution in [0.15, 0.2) is 23.8 Å². The molecule has 9 atom stereocenters. The average Bonchev–Trinajstić information content (AvgIpc) is 3.64. The van der Waals surface area contributed by atoms with E-state index in [0.717, 1.165) is 54.8 Å². The summed E-state index contributed by atoms with van der Waals surface area (Å²) in [4.78, 5) is 24.4. The summed E-state index contributed by atoms with van der Waals surface area (Å²) in [7, 11) is 0. The molecular weight excluding hydrogens is 360 g/mol. The van der Waals surface area contributed by atoms with Crippen LogP contribution in [-0.2, 0) is 14.3 Å². The van der Waals surface area contributed by atoms with Gasteiger partial charge in [-0.15, -0.1) is 0 Å². The minimum absolute atomic E-state index is 0.107. The molecule has 7 aliphatic rings. The van der Waals surface area contributed by atoms with Gasteiger partial charge in [-0.25, -0.2) is 4.79 Å². The Hall–Kier alpha value is -1.38. The molecule has 0 radical (unpaired) electrons. The Bertz CT molecular complexity index is 865. The molecule has 5 saturated carbocycles. The molecule has 1 heterocycles. The number of allylic oxidation sites excluding steroid dienone is 1. The highest BCUT2D eigenvalue weighted by Gasteiger charge is 2.79. The summed E-state index contributed by atoms with van der Waals surface area (Å²) in [6, 6.07) is 0. The fraction of sp³-hybridized carbons (Fsp3) is 0.769. The summed E-state index contributed by atoms with van der Waals surface area (Å²) >= 11 is 0. The average molecular weight is 393 g/mol. The maximum Gasteiger partial charge on any atom is 0.331 e. The summed E-state index contributed by atoms with van der Waals surface area (Å²) in [5.41, 5.74) is 1.37. The predicted molar refractivity (Wildman–Crippen MR) is 109 cm³/mol. The van der Waals surface area contributed by atoms with E-state index in [1.54, 1.807) is 6.08 Å². The van der Waals surface area contributed by atoms with Crippen molar-refractivity contribution in [3.8, 4) is 0 Å². The largest absolute Gasteiger partial charge is 0.451 e. The van der Waals surface area contributed by atoms with Crippen LogP contribution in [0, 0.1) is 52.8 Å². The highest BCUT2D eigenvalue weighted by atomic mass is 16.6. The van der Waals surface area contributed by atoms with E-state index in [1.807, 2.05) is 0 Å². The summed E-state index contributed by atoms with van der Waals surface area (Å²) in [6.07, 6.45) is 16.6. The first-order valence-electron chi connectivity index (χ1n) is 12.2. The van der Waals surface area contributed by atoms with Crippen LogP contribution in [0.4, 0.5) is 0 Å². The smallest absolute Gasteiger partial charge is 0.331 e. The Morgan fingerprint density at radius 1 is 1.10 bits per heavy atom. The lowest BCUT2D eigenvalue weighted by Crippen LogP contribution is -2.58. The molecule has 5 fully saturated rings. The lowest BCUT2D eigenvalue weighted by molar-refractivity contribution is -0.175. The van der Waals surface area contributed by atoms with Gasteiger partial charge in [-0.3, -0.25) is 4.79 Å². The molecule has 0 aromatic heterocycles. The van der Waals surface area contributed by atoms with Crippen molar-refractivity contribution in [1.29, 1.82) is 0 Å². The van der Waals surface area contributed by atoms with Crippen LogP contribution in [0.25, 0.3) is 0 Å². The van der Waals surface area contributed by atoms with Crippen LogP contribution >= 0.6 is 0 Å². The Labute approximate surface area is 173 Å². The van der Waals surface area contributed by atoms with Crippen LogP contribution in [0.3, 0.4) is 0 Å². The van der Waals surface area contributed by atoms with Gasteiger partial charge in [0.1, 0.15) is 5.60 Å². The molecule has 0 saturated heterocycles. The van der Waals surface area contributed by atoms with E-state index in [0.29, 0.717) is 17.6 Å². The summed E-state index contributed by atoms with van der Waals surface area (Å²) in [5.74, 6) is 6.15. The second kappa shape index (κ2) is 5.45. The van der Waals surface area contributed by atoms with Gasteiger partial charge in [0, 0.05) is 23.8 Å². The molecule has 1 spiro atoms. The third kappa shape index (κ3) is 2.01. The van der Waals surface area contributed by atoms with Crippen LogP contribution in [0.1, 0.15) is 64.7 Å². The van der Waals surface area contributed by atoms with E-state index in [-0.39, 0.29) is 17.0 Å². The monoisotopic (exact) mass is 392 g/mol. The van der Waals surface area contributed by atoms with E-state index >= 15 is 0 Å². The number of carbonyl (C=O) groups excluding carboxylic acids is 2. The van der Waals surface area contributed by atoms with Gasteiger partial charge in [-0.05, 0) is 105 Å². The van der Waals surface area contributed by atoms with E-state index in [2.05, 4.69) is 19.1 Å². The maximum atomic E-state index is 12.2. The Morgan fingerprint density at radius 3 is 2.69 bits per heavy atom. The molecule has 3 heteroatoms. The zero-order valence-corrected chi connectivity index (χ0v) is 17.4. The third-order valence-electron chi connectivity index (χ3n) is 10.7. The second-order valence-electron chi connectivity index (χ2n) is 11.4. The standard InChI is InChI=1S/C26H32O3/c1-2-25-9-7-18-17-6-5-16(27)11-15(17)12-19(14-3-4-14)23(18)24(25)20-13-21(20)26(25)10-8-22(28)29-26/h8,10-11,14,17-21,23-24H,2-7,9,12-13H2,1H3/t17-,18+,19-,20+,21-,23-,24-,25-,26-/m0/s1. The van der Waals surface area contributed by atoms with Crippen molar-refractivity contribution in [3.05, 3.63) is 23.8 Å². The Morgan fingerprint density at radius 2 is 1.97 bits per heavy atom. The SMILES string of the molecule is CC[C@]12CC[C@H]3[C@H]([C@@H]1[C@@H]1C[C@@H]1[C@@]21C=CC(=O)O1)[C@H](C1CC1)CC1=CC(=O)CC[C@@H]13. The highest BCUT2D eigenvalue weighted by molar-refractivity contribution is 5.91. The molecule has 0 N–H and O–H groups in total. The molecule has 0 unspecified atom stereocenters. The topological polar surface area (TPSA) is 43.4 Å². The first-order valence-corrected chi connectivity index (χ1v) is 12.2. The Balaban J connectivity index is 1.34. The number of hydrogen-bond donors (Lipinski definition) is 0. The van der Waals surface area contributed by atoms with Crippen molar-refractivity contribution in [2.75, 3.05) is 0 Å². The van der Waals surface area contributed by atoms with Crippen LogP contribution in [0.5, 0.6) is 0 Å². The molecule has 1 aliphatic heterocycles. The molecule has 7 rings (SSSR count). The molecule has 6 aliphatic carbocycles. The van der Waals surface area contributed by atoms with Crippen molar-refractivity contribution in [2.45, 2.75) is 70.3 Å². The molecule has 3 nitrogen and oxygen atoms in total. The summed E-state index contributed by atoms with van der Waals surface area (Å²) in [5, 5.41) is 0. The number of rotatable bonds is 2. The summed E-state index contributed by atoms with van der Waals surface area (Å²) < 4.78 is 6.23. The molecule has 154 valence electrons. The number of hydrogen-bond acceptors (Lipinski definition) is 3. The van der Waals surface area contributed by atoms with E-state index in [9.17, 15) is 9.59 Å².